The Hall–Kier alpha value is -0.540. The van der Waals surface area contributed by atoms with Gasteiger partial charge in [-0.1, -0.05) is 11.6 Å². The second-order valence-corrected chi connectivity index (χ2v) is 4.89. The van der Waals surface area contributed by atoms with Gasteiger partial charge in [0.1, 0.15) is 5.82 Å². The summed E-state index contributed by atoms with van der Waals surface area (Å²) in [5.41, 5.74) is 0.148. The Labute approximate surface area is 97.0 Å². The summed E-state index contributed by atoms with van der Waals surface area (Å²) in [6, 6.07) is 2.97. The third-order valence-electron chi connectivity index (χ3n) is 2.44. The van der Waals surface area contributed by atoms with Crippen LogP contribution in [0.25, 0.3) is 0 Å². The fourth-order valence-electron chi connectivity index (χ4n) is 1.46. The van der Waals surface area contributed by atoms with Crippen molar-refractivity contribution in [3.63, 3.8) is 0 Å². The van der Waals surface area contributed by atoms with Gasteiger partial charge in [0.25, 0.3) is 0 Å². The summed E-state index contributed by atoms with van der Waals surface area (Å²) >= 11 is 7.10. The molecular formula is C11H10ClFOS. The standard InChI is InChI=1S/C11H10ClFOS/c1-15-9-5-7(12)4-8(10(9)13)11(14)6-2-3-6/h4-6H,2-3H2,1H3. The predicted octanol–water partition coefficient (Wildman–Crippen LogP) is 3.79. The molecule has 0 aliphatic heterocycles. The van der Waals surface area contributed by atoms with E-state index < -0.39 is 5.82 Å². The van der Waals surface area contributed by atoms with E-state index in [0.717, 1.165) is 12.8 Å². The van der Waals surface area contributed by atoms with Crippen molar-refractivity contribution in [1.82, 2.24) is 0 Å². The lowest BCUT2D eigenvalue weighted by molar-refractivity contribution is 0.0963. The van der Waals surface area contributed by atoms with Crippen molar-refractivity contribution in [3.8, 4) is 0 Å². The van der Waals surface area contributed by atoms with Crippen molar-refractivity contribution in [2.24, 2.45) is 5.92 Å². The van der Waals surface area contributed by atoms with Crippen molar-refractivity contribution in [2.75, 3.05) is 6.26 Å². The maximum atomic E-state index is 13.8. The Morgan fingerprint density at radius 1 is 1.53 bits per heavy atom. The van der Waals surface area contributed by atoms with Gasteiger partial charge >= 0.3 is 0 Å². The molecule has 1 aliphatic rings. The van der Waals surface area contributed by atoms with Gasteiger partial charge < -0.3 is 0 Å². The molecule has 0 N–H and O–H groups in total. The molecule has 0 bridgehead atoms. The summed E-state index contributed by atoms with van der Waals surface area (Å²) < 4.78 is 13.8. The minimum Gasteiger partial charge on any atom is -0.294 e. The maximum Gasteiger partial charge on any atom is 0.168 e. The highest BCUT2D eigenvalue weighted by molar-refractivity contribution is 7.98. The smallest absolute Gasteiger partial charge is 0.168 e. The van der Waals surface area contributed by atoms with Crippen LogP contribution in [-0.4, -0.2) is 12.0 Å². The maximum absolute atomic E-state index is 13.8. The van der Waals surface area contributed by atoms with Crippen LogP contribution in [-0.2, 0) is 0 Å². The summed E-state index contributed by atoms with van der Waals surface area (Å²) in [7, 11) is 0. The predicted molar refractivity (Wildman–Crippen MR) is 60.2 cm³/mol. The lowest BCUT2D eigenvalue weighted by Crippen LogP contribution is -2.05. The van der Waals surface area contributed by atoms with Gasteiger partial charge in [-0.3, -0.25) is 4.79 Å². The van der Waals surface area contributed by atoms with Gasteiger partial charge in [0.15, 0.2) is 5.78 Å². The first-order chi connectivity index (χ1) is 7.13. The lowest BCUT2D eigenvalue weighted by atomic mass is 10.1. The van der Waals surface area contributed by atoms with Gasteiger partial charge in [0.2, 0.25) is 0 Å². The largest absolute Gasteiger partial charge is 0.294 e. The minimum absolute atomic E-state index is 0.0210. The van der Waals surface area contributed by atoms with Crippen molar-refractivity contribution < 1.29 is 9.18 Å². The number of benzene rings is 1. The van der Waals surface area contributed by atoms with E-state index in [1.165, 1.54) is 17.8 Å². The molecule has 0 atom stereocenters. The van der Waals surface area contributed by atoms with Gasteiger partial charge in [-0.15, -0.1) is 11.8 Å². The quantitative estimate of drug-likeness (QED) is 0.594. The van der Waals surface area contributed by atoms with Crippen LogP contribution in [0.1, 0.15) is 23.2 Å². The minimum atomic E-state index is -0.427. The molecule has 0 unspecified atom stereocenters. The monoisotopic (exact) mass is 244 g/mol. The normalized spacial score (nSPS) is 15.4. The van der Waals surface area contributed by atoms with E-state index in [-0.39, 0.29) is 17.3 Å². The van der Waals surface area contributed by atoms with Crippen molar-refractivity contribution in [1.29, 1.82) is 0 Å². The lowest BCUT2D eigenvalue weighted by Gasteiger charge is -2.06. The average Bonchev–Trinajstić information content (AvgIpc) is 3.03. The van der Waals surface area contributed by atoms with Gasteiger partial charge in [-0.2, -0.15) is 0 Å². The Morgan fingerprint density at radius 3 is 2.73 bits per heavy atom. The molecule has 0 saturated heterocycles. The number of thioether (sulfide) groups is 1. The van der Waals surface area contributed by atoms with Crippen LogP contribution in [0.5, 0.6) is 0 Å². The van der Waals surface area contributed by atoms with E-state index in [9.17, 15) is 9.18 Å². The molecule has 80 valence electrons. The van der Waals surface area contributed by atoms with Crippen LogP contribution in [0.3, 0.4) is 0 Å². The number of ketones is 1. The highest BCUT2D eigenvalue weighted by Gasteiger charge is 2.32. The molecule has 1 aromatic rings. The van der Waals surface area contributed by atoms with Crippen LogP contribution in [0.2, 0.25) is 5.02 Å². The zero-order valence-corrected chi connectivity index (χ0v) is 9.79. The molecule has 15 heavy (non-hydrogen) atoms. The molecule has 1 fully saturated rings. The second-order valence-electron chi connectivity index (χ2n) is 3.61. The molecule has 0 heterocycles. The molecule has 1 aliphatic carbocycles. The van der Waals surface area contributed by atoms with E-state index in [1.54, 1.807) is 12.3 Å². The Kier molecular flexibility index (Phi) is 3.03. The number of rotatable bonds is 3. The molecule has 0 radical (unpaired) electrons. The van der Waals surface area contributed by atoms with Crippen molar-refractivity contribution >= 4 is 29.1 Å². The first kappa shape index (κ1) is 11.0. The van der Waals surface area contributed by atoms with Crippen LogP contribution >= 0.6 is 23.4 Å². The molecule has 4 heteroatoms. The van der Waals surface area contributed by atoms with E-state index >= 15 is 0 Å². The van der Waals surface area contributed by atoms with Crippen molar-refractivity contribution in [2.45, 2.75) is 17.7 Å². The fraction of sp³-hybridized carbons (Fsp3) is 0.364. The highest BCUT2D eigenvalue weighted by atomic mass is 35.5. The highest BCUT2D eigenvalue weighted by Crippen LogP contribution is 2.35. The zero-order chi connectivity index (χ0) is 11.0. The van der Waals surface area contributed by atoms with E-state index in [1.807, 2.05) is 0 Å². The molecule has 1 saturated carbocycles. The third kappa shape index (κ3) is 2.18. The molecule has 0 spiro atoms. The van der Waals surface area contributed by atoms with Gasteiger partial charge in [-0.25, -0.2) is 4.39 Å². The molecular weight excluding hydrogens is 235 g/mol. The molecule has 1 aromatic carbocycles. The number of carbonyl (C=O) groups is 1. The Balaban J connectivity index is 2.44. The molecule has 1 nitrogen and oxygen atoms in total. The summed E-state index contributed by atoms with van der Waals surface area (Å²) in [5, 5.41) is 0.421. The number of hydrogen-bond acceptors (Lipinski definition) is 2. The first-order valence-corrected chi connectivity index (χ1v) is 6.31. The van der Waals surface area contributed by atoms with E-state index in [2.05, 4.69) is 0 Å². The van der Waals surface area contributed by atoms with Gasteiger partial charge in [0.05, 0.1) is 5.56 Å². The third-order valence-corrected chi connectivity index (χ3v) is 3.39. The van der Waals surface area contributed by atoms with Crippen LogP contribution < -0.4 is 0 Å². The summed E-state index contributed by atoms with van der Waals surface area (Å²) in [6.07, 6.45) is 3.51. The topological polar surface area (TPSA) is 17.1 Å². The number of carbonyl (C=O) groups excluding carboxylic acids is 1. The van der Waals surface area contributed by atoms with E-state index in [4.69, 9.17) is 11.6 Å². The molecule has 0 amide bonds. The number of hydrogen-bond donors (Lipinski definition) is 0. The second kappa shape index (κ2) is 4.14. The average molecular weight is 245 g/mol. The van der Waals surface area contributed by atoms with Gasteiger partial charge in [-0.05, 0) is 31.2 Å². The van der Waals surface area contributed by atoms with Crippen molar-refractivity contribution in [3.05, 3.63) is 28.5 Å². The first-order valence-electron chi connectivity index (χ1n) is 4.70. The number of halogens is 2. The SMILES string of the molecule is CSc1cc(Cl)cc(C(=O)C2CC2)c1F. The Morgan fingerprint density at radius 2 is 2.20 bits per heavy atom. The molecule has 2 rings (SSSR count). The fourth-order valence-corrected chi connectivity index (χ4v) is 2.27. The van der Waals surface area contributed by atoms with E-state index in [0.29, 0.717) is 9.92 Å². The Bertz CT molecular complexity index is 415. The zero-order valence-electron chi connectivity index (χ0n) is 8.22. The number of Topliss-reactive ketones (excluding diaryl/α,β-unsaturated/α-hetero) is 1. The summed E-state index contributed by atoms with van der Waals surface area (Å²) in [5.74, 6) is -0.512. The van der Waals surface area contributed by atoms with Crippen LogP contribution in [0, 0.1) is 11.7 Å². The molecule has 0 aromatic heterocycles. The summed E-state index contributed by atoms with van der Waals surface area (Å²) in [6.45, 7) is 0. The van der Waals surface area contributed by atoms with Crippen LogP contribution in [0.4, 0.5) is 4.39 Å². The van der Waals surface area contributed by atoms with Gasteiger partial charge in [0, 0.05) is 15.8 Å². The summed E-state index contributed by atoms with van der Waals surface area (Å²) in [4.78, 5) is 12.2. The van der Waals surface area contributed by atoms with Crippen LogP contribution in [0.15, 0.2) is 17.0 Å².